The SMILES string of the molecule is CCOC(=O)C1=C(COC(=O)CCNC(=O)c2n[nH]c3ccccc23)NC(=O)NC1. The topological polar surface area (TPSA) is 152 Å². The van der Waals surface area contributed by atoms with Crippen LogP contribution in [0.4, 0.5) is 4.79 Å². The number of para-hydroxylation sites is 1. The molecular weight excluding hydrogens is 394 g/mol. The summed E-state index contributed by atoms with van der Waals surface area (Å²) in [7, 11) is 0. The van der Waals surface area contributed by atoms with E-state index in [1.165, 1.54) is 0 Å². The number of nitrogens with one attached hydrogen (secondary N) is 4. The molecule has 2 heterocycles. The monoisotopic (exact) mass is 415 g/mol. The Hall–Kier alpha value is -3.89. The lowest BCUT2D eigenvalue weighted by Crippen LogP contribution is -2.45. The van der Waals surface area contributed by atoms with Crippen molar-refractivity contribution in [1.29, 1.82) is 0 Å². The van der Waals surface area contributed by atoms with Crippen molar-refractivity contribution >= 4 is 34.8 Å². The van der Waals surface area contributed by atoms with Crippen molar-refractivity contribution in [1.82, 2.24) is 26.1 Å². The third-order valence-electron chi connectivity index (χ3n) is 4.25. The number of aromatic amines is 1. The predicted octanol–water partition coefficient (Wildman–Crippen LogP) is 0.356. The molecule has 0 unspecified atom stereocenters. The number of hydrogen-bond acceptors (Lipinski definition) is 7. The summed E-state index contributed by atoms with van der Waals surface area (Å²) in [5.41, 5.74) is 1.32. The van der Waals surface area contributed by atoms with Crippen molar-refractivity contribution in [2.45, 2.75) is 13.3 Å². The van der Waals surface area contributed by atoms with E-state index in [0.717, 1.165) is 5.52 Å². The summed E-state index contributed by atoms with van der Waals surface area (Å²) >= 11 is 0. The van der Waals surface area contributed by atoms with Crippen molar-refractivity contribution in [3.63, 3.8) is 0 Å². The van der Waals surface area contributed by atoms with E-state index in [2.05, 4.69) is 26.1 Å². The number of urea groups is 1. The van der Waals surface area contributed by atoms with Gasteiger partial charge in [-0.15, -0.1) is 0 Å². The second kappa shape index (κ2) is 9.54. The maximum Gasteiger partial charge on any atom is 0.337 e. The molecule has 30 heavy (non-hydrogen) atoms. The molecule has 1 aromatic carbocycles. The highest BCUT2D eigenvalue weighted by molar-refractivity contribution is 6.04. The first-order chi connectivity index (χ1) is 14.5. The number of carbonyl (C=O) groups is 4. The van der Waals surface area contributed by atoms with Crippen LogP contribution < -0.4 is 16.0 Å². The molecule has 0 saturated heterocycles. The molecule has 1 aliphatic heterocycles. The molecule has 3 amide bonds. The van der Waals surface area contributed by atoms with Crippen LogP contribution in [0.3, 0.4) is 0 Å². The van der Waals surface area contributed by atoms with Gasteiger partial charge in [0.25, 0.3) is 5.91 Å². The molecule has 11 heteroatoms. The Kier molecular flexibility index (Phi) is 6.63. The molecule has 158 valence electrons. The van der Waals surface area contributed by atoms with Crippen LogP contribution in [0.1, 0.15) is 23.8 Å². The molecule has 0 fully saturated rings. The summed E-state index contributed by atoms with van der Waals surface area (Å²) < 4.78 is 10.0. The molecule has 11 nitrogen and oxygen atoms in total. The molecule has 0 aliphatic carbocycles. The zero-order chi connectivity index (χ0) is 21.5. The van der Waals surface area contributed by atoms with Gasteiger partial charge in [-0.25, -0.2) is 9.59 Å². The van der Waals surface area contributed by atoms with Gasteiger partial charge in [0.1, 0.15) is 6.61 Å². The van der Waals surface area contributed by atoms with Crippen LogP contribution in [0.25, 0.3) is 10.9 Å². The zero-order valence-electron chi connectivity index (χ0n) is 16.2. The Bertz CT molecular complexity index is 1010. The van der Waals surface area contributed by atoms with Crippen LogP contribution in [0.2, 0.25) is 0 Å². The third kappa shape index (κ3) is 4.93. The molecule has 1 aliphatic rings. The average Bonchev–Trinajstić information content (AvgIpc) is 3.16. The fourth-order valence-corrected chi connectivity index (χ4v) is 2.79. The molecule has 0 bridgehead atoms. The number of esters is 2. The molecule has 0 atom stereocenters. The van der Waals surface area contributed by atoms with Gasteiger partial charge in [0.15, 0.2) is 5.69 Å². The Morgan fingerprint density at radius 2 is 2.00 bits per heavy atom. The molecule has 0 saturated carbocycles. The quantitative estimate of drug-likeness (QED) is 0.454. The number of H-pyrrole nitrogens is 1. The summed E-state index contributed by atoms with van der Waals surface area (Å²) in [5, 5.41) is 14.9. The van der Waals surface area contributed by atoms with Crippen LogP contribution in [0, 0.1) is 0 Å². The first-order valence-electron chi connectivity index (χ1n) is 9.30. The maximum atomic E-state index is 12.3. The number of ether oxygens (including phenoxy) is 2. The molecular formula is C19H21N5O6. The van der Waals surface area contributed by atoms with Gasteiger partial charge in [-0.2, -0.15) is 5.10 Å². The summed E-state index contributed by atoms with van der Waals surface area (Å²) in [6.07, 6.45) is -0.0949. The van der Waals surface area contributed by atoms with Crippen LogP contribution >= 0.6 is 0 Å². The summed E-state index contributed by atoms with van der Waals surface area (Å²) in [5.74, 6) is -1.63. The second-order valence-electron chi connectivity index (χ2n) is 6.27. The highest BCUT2D eigenvalue weighted by Gasteiger charge is 2.24. The van der Waals surface area contributed by atoms with Crippen molar-refractivity contribution in [3.8, 4) is 0 Å². The lowest BCUT2D eigenvalue weighted by atomic mass is 10.2. The second-order valence-corrected chi connectivity index (χ2v) is 6.27. The summed E-state index contributed by atoms with van der Waals surface area (Å²) in [6.45, 7) is 1.56. The van der Waals surface area contributed by atoms with Crippen LogP contribution in [-0.4, -0.2) is 60.4 Å². The van der Waals surface area contributed by atoms with E-state index < -0.39 is 23.9 Å². The van der Waals surface area contributed by atoms with E-state index >= 15 is 0 Å². The van der Waals surface area contributed by atoms with Gasteiger partial charge in [0.2, 0.25) is 0 Å². The van der Waals surface area contributed by atoms with Gasteiger partial charge in [0, 0.05) is 11.9 Å². The Balaban J connectivity index is 1.50. The number of carbonyl (C=O) groups excluding carboxylic acids is 4. The summed E-state index contributed by atoms with van der Waals surface area (Å²) in [6, 6.07) is 6.68. The van der Waals surface area contributed by atoms with E-state index in [9.17, 15) is 19.2 Å². The molecule has 4 N–H and O–H groups in total. The van der Waals surface area contributed by atoms with Crippen molar-refractivity contribution in [3.05, 3.63) is 41.2 Å². The third-order valence-corrected chi connectivity index (χ3v) is 4.25. The molecule has 0 spiro atoms. The number of nitrogens with zero attached hydrogens (tertiary/aromatic N) is 1. The number of fused-ring (bicyclic) bond motifs is 1. The van der Waals surface area contributed by atoms with Gasteiger partial charge in [0.05, 0.1) is 36.4 Å². The lowest BCUT2D eigenvalue weighted by Gasteiger charge is -2.21. The van der Waals surface area contributed by atoms with E-state index in [4.69, 9.17) is 9.47 Å². The first-order valence-corrected chi connectivity index (χ1v) is 9.30. The van der Waals surface area contributed by atoms with Crippen LogP contribution in [0.5, 0.6) is 0 Å². The van der Waals surface area contributed by atoms with Crippen LogP contribution in [-0.2, 0) is 19.1 Å². The molecule has 0 radical (unpaired) electrons. The van der Waals surface area contributed by atoms with Crippen LogP contribution in [0.15, 0.2) is 35.5 Å². The maximum absolute atomic E-state index is 12.3. The Labute approximate surface area is 171 Å². The van der Waals surface area contributed by atoms with Crippen molar-refractivity contribution < 1.29 is 28.7 Å². The van der Waals surface area contributed by atoms with Gasteiger partial charge in [-0.05, 0) is 13.0 Å². The minimum atomic E-state index is -0.606. The van der Waals surface area contributed by atoms with E-state index in [-0.39, 0.29) is 49.7 Å². The predicted molar refractivity (Wildman–Crippen MR) is 104 cm³/mol. The smallest absolute Gasteiger partial charge is 0.337 e. The molecule has 1 aromatic heterocycles. The van der Waals surface area contributed by atoms with Gasteiger partial charge in [-0.1, -0.05) is 18.2 Å². The van der Waals surface area contributed by atoms with E-state index in [1.807, 2.05) is 6.07 Å². The van der Waals surface area contributed by atoms with Gasteiger partial charge >= 0.3 is 18.0 Å². The van der Waals surface area contributed by atoms with E-state index in [1.54, 1.807) is 25.1 Å². The number of aromatic nitrogens is 2. The fraction of sp³-hybridized carbons (Fsp3) is 0.316. The largest absolute Gasteiger partial charge is 0.463 e. The highest BCUT2D eigenvalue weighted by Crippen LogP contribution is 2.14. The average molecular weight is 415 g/mol. The standard InChI is InChI=1S/C19H21N5O6/c1-2-29-18(27)12-9-21-19(28)22-14(12)10-30-15(25)7-8-20-17(26)16-11-5-3-4-6-13(11)23-24-16/h3-6H,2,7-10H2,1H3,(H,20,26)(H,23,24)(H2,21,22,28). The minimum absolute atomic E-state index is 0.0226. The number of rotatable bonds is 8. The Morgan fingerprint density at radius 1 is 1.20 bits per heavy atom. The number of hydrogen-bond donors (Lipinski definition) is 4. The number of benzene rings is 1. The molecule has 2 aromatic rings. The first kappa shape index (κ1) is 20.8. The summed E-state index contributed by atoms with van der Waals surface area (Å²) in [4.78, 5) is 47.7. The van der Waals surface area contributed by atoms with Gasteiger partial charge < -0.3 is 25.4 Å². The van der Waals surface area contributed by atoms with Crippen molar-refractivity contribution in [2.24, 2.45) is 0 Å². The van der Waals surface area contributed by atoms with E-state index in [0.29, 0.717) is 5.39 Å². The Morgan fingerprint density at radius 3 is 2.80 bits per heavy atom. The van der Waals surface area contributed by atoms with Crippen molar-refractivity contribution in [2.75, 3.05) is 26.3 Å². The van der Waals surface area contributed by atoms with Gasteiger partial charge in [-0.3, -0.25) is 14.7 Å². The molecule has 3 rings (SSSR count). The lowest BCUT2D eigenvalue weighted by molar-refractivity contribution is -0.143. The fourth-order valence-electron chi connectivity index (χ4n) is 2.79. The minimum Gasteiger partial charge on any atom is -0.463 e. The number of amides is 3. The normalized spacial score (nSPS) is 13.4. The highest BCUT2D eigenvalue weighted by atomic mass is 16.5. The zero-order valence-corrected chi connectivity index (χ0v) is 16.2.